The number of aromatic nitrogens is 2. The average molecular weight is 433 g/mol. The summed E-state index contributed by atoms with van der Waals surface area (Å²) in [5.41, 5.74) is 2.65. The van der Waals surface area contributed by atoms with Gasteiger partial charge in [0.25, 0.3) is 0 Å². The third-order valence-electron chi connectivity index (χ3n) is 6.37. The Hall–Kier alpha value is -3.19. The number of hydrogen-bond donors (Lipinski definition) is 0. The van der Waals surface area contributed by atoms with Crippen LogP contribution in [0.5, 0.6) is 5.75 Å². The van der Waals surface area contributed by atoms with Gasteiger partial charge in [0.15, 0.2) is 0 Å². The number of hydrogen-bond acceptors (Lipinski definition) is 7. The lowest BCUT2D eigenvalue weighted by atomic mass is 9.98. The zero-order valence-corrected chi connectivity index (χ0v) is 18.2. The van der Waals surface area contributed by atoms with Crippen molar-refractivity contribution < 1.29 is 9.15 Å². The zero-order valence-electron chi connectivity index (χ0n) is 18.2. The quantitative estimate of drug-likeness (QED) is 0.592. The van der Waals surface area contributed by atoms with Gasteiger partial charge in [-0.2, -0.15) is 0 Å². The molecule has 0 spiro atoms. The van der Waals surface area contributed by atoms with Crippen LogP contribution in [0.3, 0.4) is 0 Å². The van der Waals surface area contributed by atoms with Crippen molar-refractivity contribution in [2.24, 2.45) is 5.92 Å². The van der Waals surface area contributed by atoms with Gasteiger partial charge in [-0.1, -0.05) is 24.3 Å². The lowest BCUT2D eigenvalue weighted by Gasteiger charge is -2.31. The number of nitrogens with zero attached hydrogens (tertiary/aromatic N) is 4. The molecule has 166 valence electrons. The van der Waals surface area contributed by atoms with Crippen LogP contribution in [-0.2, 0) is 19.5 Å². The highest BCUT2D eigenvalue weighted by Crippen LogP contribution is 2.22. The normalized spacial score (nSPS) is 17.2. The van der Waals surface area contributed by atoms with E-state index in [1.165, 1.54) is 17.4 Å². The Morgan fingerprint density at radius 3 is 2.59 bits per heavy atom. The van der Waals surface area contributed by atoms with Gasteiger partial charge in [0, 0.05) is 44.6 Å². The van der Waals surface area contributed by atoms with Gasteiger partial charge >= 0.3 is 0 Å². The predicted octanol–water partition coefficient (Wildman–Crippen LogP) is 3.28. The first-order valence-electron chi connectivity index (χ1n) is 11.3. The molecule has 7 nitrogen and oxygen atoms in total. The van der Waals surface area contributed by atoms with Gasteiger partial charge in [0.1, 0.15) is 12.0 Å². The molecule has 0 saturated carbocycles. The van der Waals surface area contributed by atoms with Gasteiger partial charge in [-0.15, -0.1) is 0 Å². The zero-order chi connectivity index (χ0) is 21.8. The number of ether oxygens (including phenoxy) is 1. The summed E-state index contributed by atoms with van der Waals surface area (Å²) in [5.74, 6) is 2.16. The van der Waals surface area contributed by atoms with Crippen molar-refractivity contribution in [3.05, 3.63) is 82.2 Å². The smallest absolute Gasteiger partial charge is 0.227 e. The largest absolute Gasteiger partial charge is 0.486 e. The van der Waals surface area contributed by atoms with E-state index in [-0.39, 0.29) is 5.43 Å². The van der Waals surface area contributed by atoms with E-state index in [0.29, 0.717) is 30.6 Å². The van der Waals surface area contributed by atoms with Gasteiger partial charge in [-0.3, -0.25) is 9.69 Å². The first-order chi connectivity index (χ1) is 15.7. The second-order valence-electron chi connectivity index (χ2n) is 8.59. The van der Waals surface area contributed by atoms with E-state index in [2.05, 4.69) is 44.0 Å². The van der Waals surface area contributed by atoms with Crippen molar-refractivity contribution in [3.63, 3.8) is 0 Å². The van der Waals surface area contributed by atoms with Crippen LogP contribution in [0, 0.1) is 5.92 Å². The second-order valence-corrected chi connectivity index (χ2v) is 8.59. The topological polar surface area (TPSA) is 71.7 Å². The average Bonchev–Trinajstić information content (AvgIpc) is 2.84. The van der Waals surface area contributed by atoms with Crippen molar-refractivity contribution in [3.8, 4) is 5.75 Å². The fourth-order valence-electron chi connectivity index (χ4n) is 4.50. The standard InChI is InChI=1S/C25H28N4O3/c30-23-14-22(16-28-11-8-20-4-1-2-5-21(20)15-28)31-18-24(23)32-17-19-6-12-29(13-7-19)25-26-9-3-10-27-25/h1-5,9-10,14,18-19H,6-8,11-13,15-17H2. The fourth-order valence-corrected chi connectivity index (χ4v) is 4.50. The number of benzene rings is 1. The molecule has 0 amide bonds. The molecule has 0 bridgehead atoms. The number of rotatable bonds is 6. The summed E-state index contributed by atoms with van der Waals surface area (Å²) in [5, 5.41) is 0. The molecule has 5 rings (SSSR count). The highest BCUT2D eigenvalue weighted by atomic mass is 16.5. The van der Waals surface area contributed by atoms with Crippen molar-refractivity contribution in [2.45, 2.75) is 32.4 Å². The van der Waals surface area contributed by atoms with Gasteiger partial charge < -0.3 is 14.1 Å². The van der Waals surface area contributed by atoms with Crippen LogP contribution in [0.25, 0.3) is 0 Å². The maximum atomic E-state index is 12.6. The molecule has 0 aliphatic carbocycles. The van der Waals surface area contributed by atoms with Crippen molar-refractivity contribution in [2.75, 3.05) is 31.1 Å². The van der Waals surface area contributed by atoms with Crippen molar-refractivity contribution >= 4 is 5.95 Å². The predicted molar refractivity (Wildman–Crippen MR) is 122 cm³/mol. The molecule has 2 aliphatic rings. The summed E-state index contributed by atoms with van der Waals surface area (Å²) in [6.45, 7) is 4.78. The number of fused-ring (bicyclic) bond motifs is 1. The van der Waals surface area contributed by atoms with E-state index in [1.54, 1.807) is 18.5 Å². The fraction of sp³-hybridized carbons (Fsp3) is 0.400. The van der Waals surface area contributed by atoms with E-state index < -0.39 is 0 Å². The van der Waals surface area contributed by atoms with E-state index in [9.17, 15) is 4.79 Å². The first-order valence-corrected chi connectivity index (χ1v) is 11.3. The molecular weight excluding hydrogens is 404 g/mol. The van der Waals surface area contributed by atoms with Crippen LogP contribution in [-0.4, -0.2) is 41.1 Å². The van der Waals surface area contributed by atoms with Crippen LogP contribution in [0.15, 0.2) is 64.3 Å². The van der Waals surface area contributed by atoms with E-state index in [0.717, 1.165) is 51.4 Å². The molecule has 32 heavy (non-hydrogen) atoms. The Kier molecular flexibility index (Phi) is 6.16. The Morgan fingerprint density at radius 1 is 1.03 bits per heavy atom. The van der Waals surface area contributed by atoms with Crippen LogP contribution in [0.1, 0.15) is 29.7 Å². The summed E-state index contributed by atoms with van der Waals surface area (Å²) >= 11 is 0. The summed E-state index contributed by atoms with van der Waals surface area (Å²) in [4.78, 5) is 25.7. The maximum Gasteiger partial charge on any atom is 0.227 e. The molecule has 3 aromatic rings. The number of anilines is 1. The minimum Gasteiger partial charge on any atom is -0.486 e. The van der Waals surface area contributed by atoms with Crippen LogP contribution in [0.4, 0.5) is 5.95 Å². The van der Waals surface area contributed by atoms with E-state index >= 15 is 0 Å². The molecule has 7 heteroatoms. The third-order valence-corrected chi connectivity index (χ3v) is 6.37. The highest BCUT2D eigenvalue weighted by molar-refractivity contribution is 5.30. The highest BCUT2D eigenvalue weighted by Gasteiger charge is 2.22. The van der Waals surface area contributed by atoms with Crippen LogP contribution < -0.4 is 15.1 Å². The second kappa shape index (κ2) is 9.53. The van der Waals surface area contributed by atoms with Crippen LogP contribution in [0.2, 0.25) is 0 Å². The van der Waals surface area contributed by atoms with Crippen molar-refractivity contribution in [1.82, 2.24) is 14.9 Å². The van der Waals surface area contributed by atoms with E-state index in [1.807, 2.05) is 6.07 Å². The SMILES string of the molecule is O=c1cc(CN2CCc3ccccc3C2)occ1OCC1CCN(c2ncccn2)CC1. The monoisotopic (exact) mass is 432 g/mol. The molecule has 1 saturated heterocycles. The molecule has 4 heterocycles. The molecule has 1 aromatic carbocycles. The summed E-state index contributed by atoms with van der Waals surface area (Å²) in [6.07, 6.45) is 8.00. The maximum absolute atomic E-state index is 12.6. The third kappa shape index (κ3) is 4.83. The minimum atomic E-state index is -0.112. The molecule has 0 unspecified atom stereocenters. The molecule has 1 fully saturated rings. The molecule has 0 atom stereocenters. The lowest BCUT2D eigenvalue weighted by molar-refractivity contribution is 0.206. The van der Waals surface area contributed by atoms with Gasteiger partial charge in [-0.05, 0) is 42.4 Å². The molecule has 2 aromatic heterocycles. The van der Waals surface area contributed by atoms with Gasteiger partial charge in [0.05, 0.1) is 13.2 Å². The molecule has 0 N–H and O–H groups in total. The van der Waals surface area contributed by atoms with Crippen molar-refractivity contribution in [1.29, 1.82) is 0 Å². The first kappa shape index (κ1) is 20.7. The Morgan fingerprint density at radius 2 is 1.81 bits per heavy atom. The Balaban J connectivity index is 1.12. The summed E-state index contributed by atoms with van der Waals surface area (Å²) in [6, 6.07) is 11.9. The Labute approximate surface area is 187 Å². The minimum absolute atomic E-state index is 0.112. The molecule has 0 radical (unpaired) electrons. The molecular formula is C25H28N4O3. The van der Waals surface area contributed by atoms with E-state index in [4.69, 9.17) is 9.15 Å². The van der Waals surface area contributed by atoms with Gasteiger partial charge in [-0.25, -0.2) is 9.97 Å². The molecule has 2 aliphatic heterocycles. The summed E-state index contributed by atoms with van der Waals surface area (Å²) in [7, 11) is 0. The summed E-state index contributed by atoms with van der Waals surface area (Å²) < 4.78 is 11.6. The number of piperidine rings is 1. The van der Waals surface area contributed by atoms with Gasteiger partial charge in [0.2, 0.25) is 17.1 Å². The lowest BCUT2D eigenvalue weighted by Crippen LogP contribution is -2.36. The Bertz CT molecular complexity index is 1090. The van der Waals surface area contributed by atoms with Crippen LogP contribution >= 0.6 is 0 Å².